The molecule has 0 saturated carbocycles. The molecule has 1 aromatic heterocycles. The zero-order valence-corrected chi connectivity index (χ0v) is 23.2. The molecule has 0 radical (unpaired) electrons. The summed E-state index contributed by atoms with van der Waals surface area (Å²) in [6, 6.07) is 16.3. The molecule has 4 rings (SSSR count). The van der Waals surface area contributed by atoms with Gasteiger partial charge in [0.25, 0.3) is 10.0 Å². The van der Waals surface area contributed by atoms with E-state index in [1.165, 1.54) is 38.5 Å². The van der Waals surface area contributed by atoms with E-state index in [4.69, 9.17) is 29.4 Å². The van der Waals surface area contributed by atoms with Crippen LogP contribution in [0.2, 0.25) is 0 Å². The number of aromatic nitrogens is 2. The smallest absolute Gasteiger partial charge is 0.263 e. The van der Waals surface area contributed by atoms with Crippen LogP contribution < -0.4 is 30.0 Å². The van der Waals surface area contributed by atoms with E-state index in [-0.39, 0.29) is 23.1 Å². The molecule has 0 bridgehead atoms. The van der Waals surface area contributed by atoms with E-state index in [1.54, 1.807) is 37.4 Å². The zero-order chi connectivity index (χ0) is 28.5. The first-order valence-electron chi connectivity index (χ1n) is 12.2. The molecule has 0 amide bonds. The van der Waals surface area contributed by atoms with Gasteiger partial charge in [-0.2, -0.15) is 0 Å². The van der Waals surface area contributed by atoms with E-state index in [9.17, 15) is 8.42 Å². The van der Waals surface area contributed by atoms with Crippen molar-refractivity contribution in [2.45, 2.75) is 4.90 Å². The number of sulfonamides is 1. The van der Waals surface area contributed by atoms with Crippen molar-refractivity contribution in [1.29, 1.82) is 0 Å². The van der Waals surface area contributed by atoms with E-state index in [2.05, 4.69) is 20.0 Å². The third-order valence-corrected chi connectivity index (χ3v) is 6.99. The van der Waals surface area contributed by atoms with Crippen LogP contribution in [0, 0.1) is 0 Å². The van der Waals surface area contributed by atoms with Gasteiger partial charge in [0.15, 0.2) is 23.1 Å². The Morgan fingerprint density at radius 2 is 1.50 bits per heavy atom. The number of ether oxygens (including phenoxy) is 5. The van der Waals surface area contributed by atoms with E-state index in [0.717, 1.165) is 0 Å². The van der Waals surface area contributed by atoms with Gasteiger partial charge in [-0.3, -0.25) is 4.72 Å². The number of nitrogen functional groups attached to an aromatic ring is 1. The Balaban J connectivity index is 1.72. The maximum atomic E-state index is 13.2. The molecule has 0 atom stereocenters. The lowest BCUT2D eigenvalue weighted by atomic mass is 10.2. The normalized spacial score (nSPS) is 11.3. The average Bonchev–Trinajstić information content (AvgIpc) is 2.95. The predicted molar refractivity (Wildman–Crippen MR) is 152 cm³/mol. The molecule has 0 aliphatic rings. The first kappa shape index (κ1) is 28.7. The highest BCUT2D eigenvalue weighted by molar-refractivity contribution is 7.92. The minimum atomic E-state index is -4.03. The van der Waals surface area contributed by atoms with E-state index in [0.29, 0.717) is 59.5 Å². The Hall–Kier alpha value is -4.33. The molecule has 0 fully saturated rings. The molecule has 1 heterocycles. The lowest BCUT2D eigenvalue weighted by Crippen LogP contribution is -2.16. The number of nitrogens with one attached hydrogen (secondary N) is 2. The number of methoxy groups -OCH3 is 3. The minimum Gasteiger partial charge on any atom is -0.497 e. The van der Waals surface area contributed by atoms with Crippen LogP contribution in [-0.4, -0.2) is 66.1 Å². The predicted octanol–water partition coefficient (Wildman–Crippen LogP) is 3.82. The zero-order valence-electron chi connectivity index (χ0n) is 22.3. The summed E-state index contributed by atoms with van der Waals surface area (Å²) in [7, 11) is 0.588. The molecule has 4 aromatic rings. The number of nitrogens with two attached hydrogens (primary N) is 1. The molecular weight excluding hydrogens is 538 g/mol. The lowest BCUT2D eigenvalue weighted by Gasteiger charge is -2.19. The number of fused-ring (bicyclic) bond motifs is 1. The second-order valence-electron chi connectivity index (χ2n) is 8.37. The van der Waals surface area contributed by atoms with Crippen molar-refractivity contribution >= 4 is 44.1 Å². The molecule has 0 aliphatic carbocycles. The number of hydrogen-bond donors (Lipinski definition) is 3. The molecule has 0 aliphatic heterocycles. The minimum absolute atomic E-state index is 0.0168. The maximum absolute atomic E-state index is 13.2. The number of nitrogens with zero attached hydrogens (tertiary/aromatic N) is 2. The molecule has 12 nitrogen and oxygen atoms in total. The van der Waals surface area contributed by atoms with Crippen molar-refractivity contribution < 1.29 is 32.1 Å². The van der Waals surface area contributed by atoms with Crippen LogP contribution >= 0.6 is 0 Å². The Bertz CT molecular complexity index is 1550. The van der Waals surface area contributed by atoms with E-state index < -0.39 is 10.0 Å². The number of benzene rings is 3. The third kappa shape index (κ3) is 7.00. The number of anilines is 4. The SMILES string of the molecule is COCCOCCOc1c(Nc2nc3ccccc3nc2NS(=O)(=O)c2ccc(N)cc2)cc(OC)cc1OC. The van der Waals surface area contributed by atoms with Gasteiger partial charge in [-0.1, -0.05) is 12.1 Å². The van der Waals surface area contributed by atoms with Gasteiger partial charge in [0, 0.05) is 24.9 Å². The molecule has 4 N–H and O–H groups in total. The lowest BCUT2D eigenvalue weighted by molar-refractivity contribution is 0.0541. The van der Waals surface area contributed by atoms with E-state index in [1.807, 2.05) is 6.07 Å². The summed E-state index contributed by atoms with van der Waals surface area (Å²) < 4.78 is 56.5. The summed E-state index contributed by atoms with van der Waals surface area (Å²) in [5, 5.41) is 3.16. The summed E-state index contributed by atoms with van der Waals surface area (Å²) in [5.41, 5.74) is 7.62. The fraction of sp³-hybridized carbons (Fsp3) is 0.259. The van der Waals surface area contributed by atoms with Crippen molar-refractivity contribution in [1.82, 2.24) is 9.97 Å². The van der Waals surface area contributed by atoms with Gasteiger partial charge in [0.05, 0.1) is 55.7 Å². The quantitative estimate of drug-likeness (QED) is 0.150. The molecular formula is C27H31N5O7S. The molecule has 13 heteroatoms. The van der Waals surface area contributed by atoms with Crippen LogP contribution in [0.1, 0.15) is 0 Å². The van der Waals surface area contributed by atoms with Gasteiger partial charge in [-0.05, 0) is 36.4 Å². The Labute approximate surface area is 232 Å². The van der Waals surface area contributed by atoms with Crippen molar-refractivity contribution in [3.8, 4) is 17.2 Å². The third-order valence-electron chi connectivity index (χ3n) is 5.63. The van der Waals surface area contributed by atoms with Crippen LogP contribution in [0.4, 0.5) is 23.0 Å². The van der Waals surface area contributed by atoms with Crippen LogP contribution in [0.3, 0.4) is 0 Å². The van der Waals surface area contributed by atoms with Gasteiger partial charge >= 0.3 is 0 Å². The van der Waals surface area contributed by atoms with Crippen molar-refractivity contribution in [2.75, 3.05) is 63.5 Å². The van der Waals surface area contributed by atoms with Gasteiger partial charge in [0.2, 0.25) is 0 Å². The van der Waals surface area contributed by atoms with Crippen molar-refractivity contribution in [3.63, 3.8) is 0 Å². The summed E-state index contributed by atoms with van der Waals surface area (Å²) in [6.45, 7) is 1.41. The van der Waals surface area contributed by atoms with Crippen LogP contribution in [-0.2, 0) is 19.5 Å². The Morgan fingerprint density at radius 3 is 2.15 bits per heavy atom. The summed E-state index contributed by atoms with van der Waals surface area (Å²) in [6.07, 6.45) is 0. The number of para-hydroxylation sites is 2. The number of hydrogen-bond acceptors (Lipinski definition) is 11. The second-order valence-corrected chi connectivity index (χ2v) is 10.1. The van der Waals surface area contributed by atoms with Gasteiger partial charge in [0.1, 0.15) is 12.4 Å². The molecule has 0 saturated heterocycles. The topological polar surface area (TPSA) is 156 Å². The van der Waals surface area contributed by atoms with Gasteiger partial charge in [-0.25, -0.2) is 18.4 Å². The highest BCUT2D eigenvalue weighted by Crippen LogP contribution is 2.41. The first-order chi connectivity index (χ1) is 19.3. The maximum Gasteiger partial charge on any atom is 0.263 e. The highest BCUT2D eigenvalue weighted by atomic mass is 32.2. The molecule has 212 valence electrons. The van der Waals surface area contributed by atoms with Crippen molar-refractivity contribution in [3.05, 3.63) is 60.7 Å². The van der Waals surface area contributed by atoms with E-state index >= 15 is 0 Å². The highest BCUT2D eigenvalue weighted by Gasteiger charge is 2.21. The van der Waals surface area contributed by atoms with Crippen LogP contribution in [0.15, 0.2) is 65.6 Å². The van der Waals surface area contributed by atoms with Crippen molar-refractivity contribution in [2.24, 2.45) is 0 Å². The summed E-state index contributed by atoms with van der Waals surface area (Å²) >= 11 is 0. The Morgan fingerprint density at radius 1 is 0.825 bits per heavy atom. The standard InChI is InChI=1S/C27H31N5O7S/c1-35-12-13-38-14-15-39-25-23(16-19(36-2)17-24(25)37-3)31-26-27(30-22-7-5-4-6-21(22)29-26)32-40(33,34)20-10-8-18(28)9-11-20/h4-11,16-17H,12-15,28H2,1-3H3,(H,29,31)(H,30,32). The second kappa shape index (κ2) is 13.2. The van der Waals surface area contributed by atoms with Gasteiger partial charge < -0.3 is 34.7 Å². The molecule has 0 spiro atoms. The summed E-state index contributed by atoms with van der Waals surface area (Å²) in [4.78, 5) is 9.21. The van der Waals surface area contributed by atoms with Gasteiger partial charge in [-0.15, -0.1) is 0 Å². The van der Waals surface area contributed by atoms with Crippen LogP contribution in [0.5, 0.6) is 17.2 Å². The first-order valence-corrected chi connectivity index (χ1v) is 13.7. The fourth-order valence-electron chi connectivity index (χ4n) is 3.65. The molecule has 3 aromatic carbocycles. The average molecular weight is 570 g/mol. The monoisotopic (exact) mass is 569 g/mol. The molecule has 40 heavy (non-hydrogen) atoms. The molecule has 0 unspecified atom stereocenters. The Kier molecular flexibility index (Phi) is 9.43. The van der Waals surface area contributed by atoms with Crippen LogP contribution in [0.25, 0.3) is 11.0 Å². The largest absolute Gasteiger partial charge is 0.497 e. The number of rotatable bonds is 14. The summed E-state index contributed by atoms with van der Waals surface area (Å²) in [5.74, 6) is 1.32. The fourth-order valence-corrected chi connectivity index (χ4v) is 4.66.